The summed E-state index contributed by atoms with van der Waals surface area (Å²) in [5.41, 5.74) is 1.81. The summed E-state index contributed by atoms with van der Waals surface area (Å²) in [6.45, 7) is 7.09. The number of rotatable bonds is 1. The zero-order chi connectivity index (χ0) is 12.0. The van der Waals surface area contributed by atoms with Gasteiger partial charge in [0.15, 0.2) is 4.47 Å². The number of hydrogen-bond acceptors (Lipinski definition) is 3. The van der Waals surface area contributed by atoms with Crippen LogP contribution >= 0.6 is 22.9 Å². The van der Waals surface area contributed by atoms with E-state index in [1.54, 1.807) is 11.3 Å². The molecule has 1 aromatic heterocycles. The highest BCUT2D eigenvalue weighted by atomic mass is 35.5. The Morgan fingerprint density at radius 3 is 2.59 bits per heavy atom. The summed E-state index contributed by atoms with van der Waals surface area (Å²) >= 11 is 7.66. The van der Waals surface area contributed by atoms with Crippen molar-refractivity contribution in [1.29, 1.82) is 0 Å². The van der Waals surface area contributed by atoms with Gasteiger partial charge in [0.1, 0.15) is 0 Å². The summed E-state index contributed by atoms with van der Waals surface area (Å²) in [6, 6.07) is 0.690. The van der Waals surface area contributed by atoms with Crippen LogP contribution in [-0.2, 0) is 12.8 Å². The first-order valence-electron chi connectivity index (χ1n) is 6.46. The van der Waals surface area contributed by atoms with Crippen LogP contribution in [0.3, 0.4) is 0 Å². The predicted octanol–water partition coefficient (Wildman–Crippen LogP) is 3.39. The van der Waals surface area contributed by atoms with Gasteiger partial charge in [-0.1, -0.05) is 11.6 Å². The van der Waals surface area contributed by atoms with Gasteiger partial charge in [-0.05, 0) is 58.0 Å². The van der Waals surface area contributed by atoms with E-state index in [-0.39, 0.29) is 0 Å². The SMILES string of the molecule is CC(C)N1CCC2(CC1)Cc1nc(Cl)sc1C2. The normalized spacial score (nSPS) is 23.5. The van der Waals surface area contributed by atoms with Gasteiger partial charge in [0, 0.05) is 10.9 Å². The van der Waals surface area contributed by atoms with Crippen LogP contribution in [0.2, 0.25) is 4.47 Å². The molecule has 0 unspecified atom stereocenters. The molecular formula is C13H19ClN2S. The minimum atomic E-state index is 0.518. The van der Waals surface area contributed by atoms with Gasteiger partial charge < -0.3 is 4.90 Å². The van der Waals surface area contributed by atoms with E-state index < -0.39 is 0 Å². The molecule has 17 heavy (non-hydrogen) atoms. The van der Waals surface area contributed by atoms with E-state index in [2.05, 4.69) is 23.7 Å². The maximum absolute atomic E-state index is 5.97. The number of hydrogen-bond donors (Lipinski definition) is 0. The molecule has 0 amide bonds. The Kier molecular flexibility index (Phi) is 2.96. The third kappa shape index (κ3) is 2.13. The lowest BCUT2D eigenvalue weighted by Crippen LogP contribution is -2.43. The third-order valence-corrected chi connectivity index (χ3v) is 5.62. The second kappa shape index (κ2) is 4.22. The number of aromatic nitrogens is 1. The number of halogens is 1. The van der Waals surface area contributed by atoms with E-state index in [0.29, 0.717) is 11.5 Å². The first-order valence-corrected chi connectivity index (χ1v) is 7.66. The lowest BCUT2D eigenvalue weighted by atomic mass is 9.76. The van der Waals surface area contributed by atoms with Crippen LogP contribution in [0.1, 0.15) is 37.3 Å². The van der Waals surface area contributed by atoms with Gasteiger partial charge in [-0.15, -0.1) is 11.3 Å². The fraction of sp³-hybridized carbons (Fsp3) is 0.769. The van der Waals surface area contributed by atoms with E-state index in [4.69, 9.17) is 11.6 Å². The van der Waals surface area contributed by atoms with E-state index in [1.807, 2.05) is 0 Å². The van der Waals surface area contributed by atoms with Crippen LogP contribution in [0.4, 0.5) is 0 Å². The second-order valence-electron chi connectivity index (χ2n) is 5.82. The van der Waals surface area contributed by atoms with Crippen molar-refractivity contribution < 1.29 is 0 Å². The number of thiazole rings is 1. The van der Waals surface area contributed by atoms with Crippen LogP contribution in [0.5, 0.6) is 0 Å². The molecule has 1 fully saturated rings. The summed E-state index contributed by atoms with van der Waals surface area (Å²) in [6.07, 6.45) is 5.04. The predicted molar refractivity (Wildman–Crippen MR) is 72.9 cm³/mol. The van der Waals surface area contributed by atoms with Crippen molar-refractivity contribution in [3.05, 3.63) is 15.0 Å². The van der Waals surface area contributed by atoms with Gasteiger partial charge >= 0.3 is 0 Å². The maximum Gasteiger partial charge on any atom is 0.184 e. The largest absolute Gasteiger partial charge is 0.301 e. The van der Waals surface area contributed by atoms with Gasteiger partial charge in [0.2, 0.25) is 0 Å². The molecular weight excluding hydrogens is 252 g/mol. The van der Waals surface area contributed by atoms with Gasteiger partial charge in [-0.3, -0.25) is 0 Å². The van der Waals surface area contributed by atoms with Crippen LogP contribution < -0.4 is 0 Å². The van der Waals surface area contributed by atoms with E-state index >= 15 is 0 Å². The van der Waals surface area contributed by atoms with E-state index in [1.165, 1.54) is 42.9 Å². The Morgan fingerprint density at radius 2 is 2.00 bits per heavy atom. The monoisotopic (exact) mass is 270 g/mol. The van der Waals surface area contributed by atoms with Crippen molar-refractivity contribution in [2.24, 2.45) is 5.41 Å². The molecule has 0 N–H and O–H groups in total. The van der Waals surface area contributed by atoms with Crippen LogP contribution in [-0.4, -0.2) is 29.0 Å². The lowest BCUT2D eigenvalue weighted by molar-refractivity contribution is 0.0893. The zero-order valence-electron chi connectivity index (χ0n) is 10.5. The van der Waals surface area contributed by atoms with Gasteiger partial charge in [-0.25, -0.2) is 4.98 Å². The average molecular weight is 271 g/mol. The summed E-state index contributed by atoms with van der Waals surface area (Å²) < 4.78 is 0.726. The molecule has 0 saturated carbocycles. The summed E-state index contributed by atoms with van der Waals surface area (Å²) in [7, 11) is 0. The number of fused-ring (bicyclic) bond motifs is 1. The fourth-order valence-corrected chi connectivity index (χ4v) is 4.61. The van der Waals surface area contributed by atoms with Crippen molar-refractivity contribution >= 4 is 22.9 Å². The Morgan fingerprint density at radius 1 is 1.29 bits per heavy atom. The Hall–Kier alpha value is -0.120. The molecule has 0 bridgehead atoms. The highest BCUT2D eigenvalue weighted by Gasteiger charge is 2.41. The van der Waals surface area contributed by atoms with E-state index in [9.17, 15) is 0 Å². The molecule has 0 aromatic carbocycles. The number of piperidine rings is 1. The van der Waals surface area contributed by atoms with Crippen molar-refractivity contribution in [1.82, 2.24) is 9.88 Å². The molecule has 94 valence electrons. The minimum absolute atomic E-state index is 0.518. The Bertz CT molecular complexity index is 394. The second-order valence-corrected chi connectivity index (χ2v) is 7.49. The zero-order valence-corrected chi connectivity index (χ0v) is 12.1. The molecule has 0 radical (unpaired) electrons. The molecule has 1 aliphatic heterocycles. The first-order chi connectivity index (χ1) is 8.08. The van der Waals surface area contributed by atoms with Gasteiger partial charge in [-0.2, -0.15) is 0 Å². The number of nitrogens with zero attached hydrogens (tertiary/aromatic N) is 2. The third-order valence-electron chi connectivity index (χ3n) is 4.42. The smallest absolute Gasteiger partial charge is 0.184 e. The maximum atomic E-state index is 5.97. The summed E-state index contributed by atoms with van der Waals surface area (Å²) in [5, 5.41) is 0. The quantitative estimate of drug-likeness (QED) is 0.778. The summed E-state index contributed by atoms with van der Waals surface area (Å²) in [5.74, 6) is 0. The standard InChI is InChI=1S/C13H19ClN2S/c1-9(2)16-5-3-13(4-6-16)7-10-11(8-13)17-12(14)15-10/h9H,3-8H2,1-2H3. The van der Waals surface area contributed by atoms with Crippen LogP contribution in [0, 0.1) is 5.41 Å². The Labute approximate surface area is 112 Å². The average Bonchev–Trinajstić information content (AvgIpc) is 2.72. The molecule has 1 saturated heterocycles. The fourth-order valence-electron chi connectivity index (χ4n) is 3.25. The number of likely N-dealkylation sites (tertiary alicyclic amines) is 1. The van der Waals surface area contributed by atoms with Gasteiger partial charge in [0.25, 0.3) is 0 Å². The summed E-state index contributed by atoms with van der Waals surface area (Å²) in [4.78, 5) is 8.51. The molecule has 1 aromatic rings. The molecule has 3 rings (SSSR count). The molecule has 2 heterocycles. The molecule has 2 aliphatic rings. The highest BCUT2D eigenvalue weighted by Crippen LogP contribution is 2.47. The van der Waals surface area contributed by atoms with Gasteiger partial charge in [0.05, 0.1) is 5.69 Å². The van der Waals surface area contributed by atoms with E-state index in [0.717, 1.165) is 10.9 Å². The molecule has 2 nitrogen and oxygen atoms in total. The van der Waals surface area contributed by atoms with Crippen molar-refractivity contribution in [3.8, 4) is 0 Å². The van der Waals surface area contributed by atoms with Crippen LogP contribution in [0.25, 0.3) is 0 Å². The Balaban J connectivity index is 1.70. The molecule has 1 spiro atoms. The first kappa shape index (κ1) is 11.9. The van der Waals surface area contributed by atoms with Crippen molar-refractivity contribution in [2.75, 3.05) is 13.1 Å². The topological polar surface area (TPSA) is 16.1 Å². The van der Waals surface area contributed by atoms with Crippen molar-refractivity contribution in [3.63, 3.8) is 0 Å². The molecule has 1 aliphatic carbocycles. The minimum Gasteiger partial charge on any atom is -0.301 e. The lowest BCUT2D eigenvalue weighted by Gasteiger charge is -2.41. The van der Waals surface area contributed by atoms with Crippen LogP contribution in [0.15, 0.2) is 0 Å². The highest BCUT2D eigenvalue weighted by molar-refractivity contribution is 7.15. The van der Waals surface area contributed by atoms with Crippen molar-refractivity contribution in [2.45, 2.75) is 45.6 Å². The molecule has 4 heteroatoms. The molecule has 0 atom stereocenters.